The highest BCUT2D eigenvalue weighted by molar-refractivity contribution is 5.96. The Kier molecular flexibility index (Phi) is 6.40. The van der Waals surface area contributed by atoms with Gasteiger partial charge < -0.3 is 15.0 Å². The lowest BCUT2D eigenvalue weighted by molar-refractivity contribution is -0.148. The van der Waals surface area contributed by atoms with E-state index >= 15 is 0 Å². The van der Waals surface area contributed by atoms with Crippen LogP contribution in [0, 0.1) is 5.92 Å². The number of methoxy groups -OCH3 is 1. The summed E-state index contributed by atoms with van der Waals surface area (Å²) in [5, 5.41) is 2.67. The molecule has 1 aromatic carbocycles. The van der Waals surface area contributed by atoms with Crippen molar-refractivity contribution in [2.75, 3.05) is 26.7 Å². The van der Waals surface area contributed by atoms with Crippen molar-refractivity contribution in [1.82, 2.24) is 10.2 Å². The largest absolute Gasteiger partial charge is 0.469 e. The molecule has 1 N–H and O–H groups in total. The van der Waals surface area contributed by atoms with Crippen molar-refractivity contribution in [2.24, 2.45) is 5.92 Å². The molecule has 1 fully saturated rings. The van der Waals surface area contributed by atoms with Gasteiger partial charge in [0, 0.05) is 18.7 Å². The fraction of sp³-hybridized carbons (Fsp3) is 0.550. The molecule has 1 aliphatic heterocycles. The van der Waals surface area contributed by atoms with E-state index in [1.807, 2.05) is 12.1 Å². The van der Waals surface area contributed by atoms with Gasteiger partial charge in [0.2, 0.25) is 5.91 Å². The van der Waals surface area contributed by atoms with Crippen molar-refractivity contribution in [3.05, 3.63) is 35.4 Å². The summed E-state index contributed by atoms with van der Waals surface area (Å²) in [6.07, 6.45) is 1.48. The van der Waals surface area contributed by atoms with E-state index in [1.165, 1.54) is 7.11 Å². The van der Waals surface area contributed by atoms with Crippen LogP contribution in [0.5, 0.6) is 0 Å². The number of rotatable bonds is 4. The Morgan fingerprint density at radius 2 is 1.85 bits per heavy atom. The molecule has 1 atom stereocenters. The maximum atomic E-state index is 12.3. The van der Waals surface area contributed by atoms with Crippen molar-refractivity contribution in [2.45, 2.75) is 39.0 Å². The Hall–Kier alpha value is -2.37. The molecule has 1 aromatic rings. The van der Waals surface area contributed by atoms with Gasteiger partial charge in [-0.25, -0.2) is 0 Å². The number of likely N-dealkylation sites (tertiary alicyclic amines) is 1. The van der Waals surface area contributed by atoms with Crippen molar-refractivity contribution < 1.29 is 19.1 Å². The smallest absolute Gasteiger partial charge is 0.310 e. The molecule has 1 aliphatic rings. The molecule has 6 heteroatoms. The van der Waals surface area contributed by atoms with E-state index in [0.717, 1.165) is 18.4 Å². The number of carbonyl (C=O) groups is 3. The molecule has 0 aliphatic carbocycles. The number of hydrogen-bond acceptors (Lipinski definition) is 4. The predicted molar refractivity (Wildman–Crippen MR) is 98.8 cm³/mol. The third-order valence-corrected chi connectivity index (χ3v) is 4.72. The van der Waals surface area contributed by atoms with E-state index in [2.05, 4.69) is 26.1 Å². The summed E-state index contributed by atoms with van der Waals surface area (Å²) in [7, 11) is 1.36. The molecule has 1 saturated heterocycles. The van der Waals surface area contributed by atoms with Gasteiger partial charge in [-0.1, -0.05) is 32.9 Å². The molecular weight excluding hydrogens is 332 g/mol. The first-order valence-corrected chi connectivity index (χ1v) is 8.96. The number of nitrogens with zero attached hydrogens (tertiary/aromatic N) is 1. The molecule has 6 nitrogen and oxygen atoms in total. The van der Waals surface area contributed by atoms with Crippen LogP contribution in [-0.4, -0.2) is 49.4 Å². The number of carbonyl (C=O) groups excluding carboxylic acids is 3. The second kappa shape index (κ2) is 8.34. The fourth-order valence-electron chi connectivity index (χ4n) is 3.05. The van der Waals surface area contributed by atoms with Crippen molar-refractivity contribution in [1.29, 1.82) is 0 Å². The normalized spacial score (nSPS) is 17.5. The highest BCUT2D eigenvalue weighted by Crippen LogP contribution is 2.22. The molecule has 0 saturated carbocycles. The van der Waals surface area contributed by atoms with Gasteiger partial charge in [0.25, 0.3) is 5.91 Å². The average Bonchev–Trinajstić information content (AvgIpc) is 2.64. The van der Waals surface area contributed by atoms with Crippen LogP contribution in [0.2, 0.25) is 0 Å². The van der Waals surface area contributed by atoms with Crippen LogP contribution < -0.4 is 5.32 Å². The van der Waals surface area contributed by atoms with Crippen LogP contribution in [0.1, 0.15) is 49.5 Å². The van der Waals surface area contributed by atoms with Crippen molar-refractivity contribution >= 4 is 17.8 Å². The second-order valence-electron chi connectivity index (χ2n) is 7.71. The zero-order valence-corrected chi connectivity index (χ0v) is 16.0. The summed E-state index contributed by atoms with van der Waals surface area (Å²) in [6, 6.07) is 7.41. The van der Waals surface area contributed by atoms with Crippen LogP contribution in [0.3, 0.4) is 0 Å². The van der Waals surface area contributed by atoms with Gasteiger partial charge in [-0.3, -0.25) is 14.4 Å². The minimum Gasteiger partial charge on any atom is -0.469 e. The van der Waals surface area contributed by atoms with Gasteiger partial charge in [0.15, 0.2) is 0 Å². The maximum Gasteiger partial charge on any atom is 0.310 e. The lowest BCUT2D eigenvalue weighted by atomic mass is 9.87. The van der Waals surface area contributed by atoms with Crippen LogP contribution >= 0.6 is 0 Å². The van der Waals surface area contributed by atoms with Gasteiger partial charge >= 0.3 is 5.97 Å². The van der Waals surface area contributed by atoms with Crippen LogP contribution in [0.15, 0.2) is 24.3 Å². The molecule has 2 amide bonds. The number of esters is 1. The zero-order valence-electron chi connectivity index (χ0n) is 16.0. The average molecular weight is 360 g/mol. The van der Waals surface area contributed by atoms with E-state index in [1.54, 1.807) is 17.0 Å². The molecular formula is C20H28N2O4. The first-order chi connectivity index (χ1) is 12.2. The summed E-state index contributed by atoms with van der Waals surface area (Å²) in [4.78, 5) is 37.9. The number of nitrogens with one attached hydrogen (secondary N) is 1. The summed E-state index contributed by atoms with van der Waals surface area (Å²) >= 11 is 0. The number of amides is 2. The molecule has 2 rings (SSSR count). The Labute approximate surface area is 154 Å². The first kappa shape index (κ1) is 19.9. The number of ether oxygens (including phenoxy) is 1. The number of piperidine rings is 1. The van der Waals surface area contributed by atoms with E-state index in [4.69, 9.17) is 4.74 Å². The lowest BCUT2D eigenvalue weighted by Crippen LogP contribution is -2.46. The molecule has 1 unspecified atom stereocenters. The summed E-state index contributed by atoms with van der Waals surface area (Å²) in [6.45, 7) is 7.21. The second-order valence-corrected chi connectivity index (χ2v) is 7.71. The third kappa shape index (κ3) is 5.07. The zero-order chi connectivity index (χ0) is 19.3. The number of benzene rings is 1. The monoisotopic (exact) mass is 360 g/mol. The Morgan fingerprint density at radius 3 is 2.42 bits per heavy atom. The number of hydrogen-bond donors (Lipinski definition) is 1. The Bertz CT molecular complexity index is 661. The molecule has 142 valence electrons. The SMILES string of the molecule is COC(=O)C1CCCN(C(=O)CNC(=O)c2ccc(C(C)(C)C)cc2)C1. The third-order valence-electron chi connectivity index (χ3n) is 4.72. The molecule has 0 spiro atoms. The van der Waals surface area contributed by atoms with Crippen LogP contribution in [0.4, 0.5) is 0 Å². The Balaban J connectivity index is 1.88. The van der Waals surface area contributed by atoms with Crippen LogP contribution in [-0.2, 0) is 19.7 Å². The molecule has 0 aromatic heterocycles. The van der Waals surface area contributed by atoms with E-state index in [-0.39, 0.29) is 35.7 Å². The van der Waals surface area contributed by atoms with Crippen molar-refractivity contribution in [3.63, 3.8) is 0 Å². The highest BCUT2D eigenvalue weighted by atomic mass is 16.5. The minimum absolute atomic E-state index is 0.0232. The highest BCUT2D eigenvalue weighted by Gasteiger charge is 2.29. The summed E-state index contributed by atoms with van der Waals surface area (Å²) in [5.41, 5.74) is 1.69. The van der Waals surface area contributed by atoms with Gasteiger partial charge in [-0.2, -0.15) is 0 Å². The van der Waals surface area contributed by atoms with E-state index < -0.39 is 0 Å². The fourth-order valence-corrected chi connectivity index (χ4v) is 3.05. The van der Waals surface area contributed by atoms with E-state index in [9.17, 15) is 14.4 Å². The van der Waals surface area contributed by atoms with Crippen LogP contribution in [0.25, 0.3) is 0 Å². The van der Waals surface area contributed by atoms with Gasteiger partial charge in [-0.05, 0) is 36.0 Å². The predicted octanol–water partition coefficient (Wildman–Crippen LogP) is 2.13. The van der Waals surface area contributed by atoms with Crippen molar-refractivity contribution in [3.8, 4) is 0 Å². The van der Waals surface area contributed by atoms with Gasteiger partial charge in [0.05, 0.1) is 19.6 Å². The topological polar surface area (TPSA) is 75.7 Å². The van der Waals surface area contributed by atoms with E-state index in [0.29, 0.717) is 18.7 Å². The summed E-state index contributed by atoms with van der Waals surface area (Å²) in [5.74, 6) is -1.03. The molecule has 1 heterocycles. The maximum absolute atomic E-state index is 12.3. The Morgan fingerprint density at radius 1 is 1.19 bits per heavy atom. The minimum atomic E-state index is -0.287. The summed E-state index contributed by atoms with van der Waals surface area (Å²) < 4.78 is 4.76. The standard InChI is InChI=1S/C20H28N2O4/c1-20(2,3)16-9-7-14(8-10-16)18(24)21-12-17(23)22-11-5-6-15(13-22)19(25)26-4/h7-10,15H,5-6,11-13H2,1-4H3,(H,21,24). The van der Waals surface area contributed by atoms with Gasteiger partial charge in [0.1, 0.15) is 0 Å². The van der Waals surface area contributed by atoms with Gasteiger partial charge in [-0.15, -0.1) is 0 Å². The molecule has 0 radical (unpaired) electrons. The quantitative estimate of drug-likeness (QED) is 0.835. The molecule has 26 heavy (non-hydrogen) atoms. The lowest BCUT2D eigenvalue weighted by Gasteiger charge is -2.31. The molecule has 0 bridgehead atoms. The first-order valence-electron chi connectivity index (χ1n) is 8.96.